The molecule has 2 atom stereocenters. The summed E-state index contributed by atoms with van der Waals surface area (Å²) in [5, 5.41) is 1.22. The number of fused-ring (bicyclic) bond motifs is 1. The van der Waals surface area contributed by atoms with Gasteiger partial charge in [-0.15, -0.1) is 0 Å². The van der Waals surface area contributed by atoms with Crippen molar-refractivity contribution >= 4 is 16.9 Å². The van der Waals surface area contributed by atoms with E-state index in [1.54, 1.807) is 11.8 Å². The number of hydrogen-bond acceptors (Lipinski definition) is 2. The zero-order valence-electron chi connectivity index (χ0n) is 7.16. The number of thioether (sulfide) groups is 1. The lowest BCUT2D eigenvalue weighted by Gasteiger charge is -2.36. The lowest BCUT2D eigenvalue weighted by molar-refractivity contribution is -0.116. The Morgan fingerprint density at radius 1 is 1.00 bits per heavy atom. The maximum absolute atomic E-state index is 11.6. The summed E-state index contributed by atoms with van der Waals surface area (Å²) in [7, 11) is 0. The van der Waals surface area contributed by atoms with Crippen LogP contribution in [0, 0.1) is 17.8 Å². The smallest absolute Gasteiger partial charge is 0.192 e. The number of carbonyl (C=O) groups is 1. The van der Waals surface area contributed by atoms with E-state index in [0.29, 0.717) is 16.3 Å². The van der Waals surface area contributed by atoms with Gasteiger partial charge in [0.2, 0.25) is 0 Å². The van der Waals surface area contributed by atoms with E-state index < -0.39 is 0 Å². The van der Waals surface area contributed by atoms with Gasteiger partial charge in [0.25, 0.3) is 0 Å². The minimum Gasteiger partial charge on any atom is -0.287 e. The van der Waals surface area contributed by atoms with Crippen molar-refractivity contribution in [3.63, 3.8) is 0 Å². The van der Waals surface area contributed by atoms with Gasteiger partial charge in [0.05, 0.1) is 0 Å². The van der Waals surface area contributed by atoms with Gasteiger partial charge in [0.15, 0.2) is 5.12 Å². The van der Waals surface area contributed by atoms with Crippen LogP contribution in [0.2, 0.25) is 0 Å². The van der Waals surface area contributed by atoms with Crippen molar-refractivity contribution < 1.29 is 4.79 Å². The highest BCUT2D eigenvalue weighted by Crippen LogP contribution is 2.51. The Labute approximate surface area is 77.3 Å². The standard InChI is InChI=1S/C10H14OS/c11-10-8-2-6-1-7(3-8)5-9(4-6)12-10/h6-9H,1-5H2. The van der Waals surface area contributed by atoms with Crippen LogP contribution in [0.1, 0.15) is 32.1 Å². The second kappa shape index (κ2) is 2.50. The van der Waals surface area contributed by atoms with Crippen molar-refractivity contribution in [2.75, 3.05) is 0 Å². The molecule has 2 unspecified atom stereocenters. The predicted octanol–water partition coefficient (Wildman–Crippen LogP) is 2.45. The minimum atomic E-state index is 0.450. The van der Waals surface area contributed by atoms with Gasteiger partial charge < -0.3 is 0 Å². The fraction of sp³-hybridized carbons (Fsp3) is 0.900. The highest BCUT2D eigenvalue weighted by Gasteiger charge is 2.43. The van der Waals surface area contributed by atoms with Crippen LogP contribution in [-0.2, 0) is 4.79 Å². The van der Waals surface area contributed by atoms with Gasteiger partial charge in [-0.3, -0.25) is 4.79 Å². The van der Waals surface area contributed by atoms with Crippen LogP contribution in [0.25, 0.3) is 0 Å². The first-order valence-corrected chi connectivity index (χ1v) is 5.89. The summed E-state index contributed by atoms with van der Waals surface area (Å²) in [4.78, 5) is 11.6. The molecule has 2 heteroatoms. The van der Waals surface area contributed by atoms with Crippen LogP contribution < -0.4 is 0 Å². The number of hydrogen-bond donors (Lipinski definition) is 0. The molecule has 2 saturated carbocycles. The van der Waals surface area contributed by atoms with Gasteiger partial charge in [0, 0.05) is 11.2 Å². The first kappa shape index (κ1) is 7.43. The Kier molecular flexibility index (Phi) is 1.55. The van der Waals surface area contributed by atoms with Crippen LogP contribution in [0.15, 0.2) is 0 Å². The fourth-order valence-corrected chi connectivity index (χ4v) is 4.79. The zero-order chi connectivity index (χ0) is 8.13. The summed E-state index contributed by atoms with van der Waals surface area (Å²) < 4.78 is 0. The second-order valence-corrected chi connectivity index (χ2v) is 5.97. The zero-order valence-corrected chi connectivity index (χ0v) is 7.98. The maximum atomic E-state index is 11.6. The predicted molar refractivity (Wildman–Crippen MR) is 49.9 cm³/mol. The average Bonchev–Trinajstić information content (AvgIpc) is 2.16. The van der Waals surface area contributed by atoms with E-state index in [-0.39, 0.29) is 0 Å². The first-order valence-electron chi connectivity index (χ1n) is 5.02. The summed E-state index contributed by atoms with van der Waals surface area (Å²) in [6.45, 7) is 0. The number of rotatable bonds is 0. The summed E-state index contributed by atoms with van der Waals surface area (Å²) in [6, 6.07) is 0. The van der Waals surface area contributed by atoms with Crippen LogP contribution >= 0.6 is 11.8 Å². The summed E-state index contributed by atoms with van der Waals surface area (Å²) in [5.41, 5.74) is 0. The van der Waals surface area contributed by atoms with Crippen molar-refractivity contribution in [3.05, 3.63) is 0 Å². The van der Waals surface area contributed by atoms with Crippen molar-refractivity contribution in [1.29, 1.82) is 0 Å². The Morgan fingerprint density at radius 3 is 2.33 bits per heavy atom. The quantitative estimate of drug-likeness (QED) is 0.572. The molecule has 66 valence electrons. The molecule has 4 fully saturated rings. The topological polar surface area (TPSA) is 17.1 Å². The van der Waals surface area contributed by atoms with Crippen LogP contribution in [0.5, 0.6) is 0 Å². The lowest BCUT2D eigenvalue weighted by Crippen LogP contribution is -2.29. The summed E-state index contributed by atoms with van der Waals surface area (Å²) in [6.07, 6.45) is 6.55. The van der Waals surface area contributed by atoms with Gasteiger partial charge in [-0.2, -0.15) is 0 Å². The largest absolute Gasteiger partial charge is 0.287 e. The van der Waals surface area contributed by atoms with E-state index in [2.05, 4.69) is 0 Å². The molecule has 0 aromatic carbocycles. The fourth-order valence-electron chi connectivity index (χ4n) is 3.34. The van der Waals surface area contributed by atoms with E-state index >= 15 is 0 Å². The highest BCUT2D eigenvalue weighted by molar-refractivity contribution is 8.14. The molecule has 4 rings (SSSR count). The van der Waals surface area contributed by atoms with Gasteiger partial charge in [-0.25, -0.2) is 0 Å². The molecule has 0 N–H and O–H groups in total. The maximum Gasteiger partial charge on any atom is 0.192 e. The average molecular weight is 182 g/mol. The van der Waals surface area contributed by atoms with Crippen molar-refractivity contribution in [3.8, 4) is 0 Å². The SMILES string of the molecule is O=C1SC2CC3CC(C2)CC1C3. The summed E-state index contributed by atoms with van der Waals surface area (Å²) >= 11 is 1.67. The molecule has 0 amide bonds. The monoisotopic (exact) mass is 182 g/mol. The van der Waals surface area contributed by atoms with Crippen LogP contribution in [-0.4, -0.2) is 10.4 Å². The van der Waals surface area contributed by atoms with Gasteiger partial charge in [-0.1, -0.05) is 11.8 Å². The Morgan fingerprint density at radius 2 is 1.67 bits per heavy atom. The Balaban J connectivity index is 1.95. The molecule has 2 saturated heterocycles. The molecular weight excluding hydrogens is 168 g/mol. The third-order valence-corrected chi connectivity index (χ3v) is 4.99. The van der Waals surface area contributed by atoms with E-state index in [1.165, 1.54) is 32.1 Å². The Hall–Kier alpha value is 0.0200. The van der Waals surface area contributed by atoms with E-state index in [4.69, 9.17) is 0 Å². The molecule has 0 spiro atoms. The third kappa shape index (κ3) is 1.04. The van der Waals surface area contributed by atoms with Gasteiger partial charge in [0.1, 0.15) is 0 Å². The number of carbonyl (C=O) groups excluding carboxylic acids is 1. The van der Waals surface area contributed by atoms with Gasteiger partial charge >= 0.3 is 0 Å². The third-order valence-electron chi connectivity index (χ3n) is 3.71. The van der Waals surface area contributed by atoms with E-state index in [0.717, 1.165) is 11.8 Å². The molecule has 4 aliphatic rings. The van der Waals surface area contributed by atoms with E-state index in [1.807, 2.05) is 0 Å². The molecule has 0 aromatic rings. The van der Waals surface area contributed by atoms with Crippen LogP contribution in [0.4, 0.5) is 0 Å². The molecule has 4 bridgehead atoms. The second-order valence-electron chi connectivity index (χ2n) is 4.67. The minimum absolute atomic E-state index is 0.450. The molecule has 2 aliphatic heterocycles. The molecule has 2 aliphatic carbocycles. The highest BCUT2D eigenvalue weighted by atomic mass is 32.2. The van der Waals surface area contributed by atoms with E-state index in [9.17, 15) is 4.79 Å². The summed E-state index contributed by atoms with van der Waals surface area (Å²) in [5.74, 6) is 2.27. The van der Waals surface area contributed by atoms with Gasteiger partial charge in [-0.05, 0) is 43.9 Å². The van der Waals surface area contributed by atoms with Crippen molar-refractivity contribution in [2.24, 2.45) is 17.8 Å². The molecule has 0 aromatic heterocycles. The van der Waals surface area contributed by atoms with Crippen molar-refractivity contribution in [1.82, 2.24) is 0 Å². The Bertz CT molecular complexity index is 212. The molecule has 12 heavy (non-hydrogen) atoms. The molecule has 1 nitrogen and oxygen atoms in total. The van der Waals surface area contributed by atoms with Crippen LogP contribution in [0.3, 0.4) is 0 Å². The molecule has 0 radical (unpaired) electrons. The lowest BCUT2D eigenvalue weighted by atomic mass is 9.68. The van der Waals surface area contributed by atoms with Crippen molar-refractivity contribution in [2.45, 2.75) is 37.4 Å². The molecular formula is C10H14OS. The molecule has 2 heterocycles. The first-order chi connectivity index (χ1) is 5.81. The normalized spacial score (nSPS) is 51.2.